The first-order chi connectivity index (χ1) is 10.7. The summed E-state index contributed by atoms with van der Waals surface area (Å²) in [7, 11) is 0. The summed E-state index contributed by atoms with van der Waals surface area (Å²) < 4.78 is 0. The van der Waals surface area contributed by atoms with Crippen molar-refractivity contribution in [2.75, 3.05) is 13.2 Å². The zero-order valence-electron chi connectivity index (χ0n) is 13.0. The van der Waals surface area contributed by atoms with Crippen LogP contribution in [-0.4, -0.2) is 34.8 Å². The lowest BCUT2D eigenvalue weighted by Crippen LogP contribution is -2.45. The fourth-order valence-corrected chi connectivity index (χ4v) is 5.27. The molecule has 3 aliphatic rings. The molecule has 4 rings (SSSR count). The zero-order chi connectivity index (χ0) is 15.3. The number of amides is 2. The van der Waals surface area contributed by atoms with Gasteiger partial charge >= 0.3 is 0 Å². The molecule has 2 fully saturated rings. The molecule has 3 atom stereocenters. The van der Waals surface area contributed by atoms with Crippen molar-refractivity contribution < 1.29 is 9.59 Å². The van der Waals surface area contributed by atoms with Gasteiger partial charge in [-0.05, 0) is 43.2 Å². The van der Waals surface area contributed by atoms with Crippen LogP contribution in [0.4, 0.5) is 0 Å². The monoisotopic (exact) mass is 318 g/mol. The molecule has 3 heterocycles. The number of likely N-dealkylation sites (tertiary alicyclic amines) is 1. The summed E-state index contributed by atoms with van der Waals surface area (Å²) in [5.41, 5.74) is 1.37. The van der Waals surface area contributed by atoms with Gasteiger partial charge in [-0.3, -0.25) is 19.4 Å². The first-order valence-electron chi connectivity index (χ1n) is 8.32. The van der Waals surface area contributed by atoms with E-state index in [0.29, 0.717) is 12.7 Å². The van der Waals surface area contributed by atoms with Crippen LogP contribution in [0.25, 0.3) is 0 Å². The van der Waals surface area contributed by atoms with E-state index in [9.17, 15) is 9.59 Å². The van der Waals surface area contributed by atoms with Gasteiger partial charge in [0.1, 0.15) is 0 Å². The molecule has 0 aromatic carbocycles. The van der Waals surface area contributed by atoms with Crippen LogP contribution in [0, 0.1) is 11.8 Å². The van der Waals surface area contributed by atoms with Crippen molar-refractivity contribution in [2.24, 2.45) is 11.8 Å². The quantitative estimate of drug-likeness (QED) is 0.787. The lowest BCUT2D eigenvalue weighted by molar-refractivity contribution is -0.143. The lowest BCUT2D eigenvalue weighted by atomic mass is 9.81. The van der Waals surface area contributed by atoms with Gasteiger partial charge in [0, 0.05) is 17.5 Å². The van der Waals surface area contributed by atoms with Crippen molar-refractivity contribution in [3.8, 4) is 0 Å². The predicted octanol–water partition coefficient (Wildman–Crippen LogP) is 2.80. The maximum atomic E-state index is 12.6. The molecule has 0 unspecified atom stereocenters. The minimum atomic E-state index is -0.0296. The summed E-state index contributed by atoms with van der Waals surface area (Å²) in [6.07, 6.45) is 5.01. The summed E-state index contributed by atoms with van der Waals surface area (Å²) in [5, 5.41) is 2.14. The number of rotatable bonds is 2. The summed E-state index contributed by atoms with van der Waals surface area (Å²) in [6, 6.07) is 2.47. The number of hydrogen-bond acceptors (Lipinski definition) is 4. The molecule has 0 radical (unpaired) electrons. The van der Waals surface area contributed by atoms with Crippen LogP contribution in [0.1, 0.15) is 49.1 Å². The minimum Gasteiger partial charge on any atom is -0.278 e. The van der Waals surface area contributed by atoms with Gasteiger partial charge in [-0.2, -0.15) is 0 Å². The van der Waals surface area contributed by atoms with Crippen LogP contribution in [0.3, 0.4) is 0 Å². The fourth-order valence-electron chi connectivity index (χ4n) is 4.31. The Morgan fingerprint density at radius 1 is 1.18 bits per heavy atom. The van der Waals surface area contributed by atoms with E-state index in [1.165, 1.54) is 10.4 Å². The lowest BCUT2D eigenvalue weighted by Gasteiger charge is -2.35. The standard InChI is InChI=1S/C17H22N2O2S/c1-11-12-7-9-22-15(12)6-8-18(11)10-19-16(20)13-4-2-3-5-14(13)17(19)21/h7,9,11,13-14H,2-6,8,10H2,1H3/t11-,13-,14+/m1/s1. The molecule has 0 N–H and O–H groups in total. The Morgan fingerprint density at radius 2 is 1.86 bits per heavy atom. The average molecular weight is 318 g/mol. The van der Waals surface area contributed by atoms with E-state index >= 15 is 0 Å². The third kappa shape index (κ3) is 2.14. The van der Waals surface area contributed by atoms with E-state index in [-0.39, 0.29) is 23.7 Å². The average Bonchev–Trinajstić information content (AvgIpc) is 3.10. The molecule has 0 spiro atoms. The van der Waals surface area contributed by atoms with Gasteiger partial charge in [-0.1, -0.05) is 12.8 Å². The number of carbonyl (C=O) groups excluding carboxylic acids is 2. The Balaban J connectivity index is 1.52. The molecule has 4 nitrogen and oxygen atoms in total. The molecule has 1 saturated heterocycles. The van der Waals surface area contributed by atoms with Gasteiger partial charge in [-0.15, -0.1) is 11.3 Å². The Hall–Kier alpha value is -1.20. The number of nitrogens with zero attached hydrogens (tertiary/aromatic N) is 2. The fraction of sp³-hybridized carbons (Fsp3) is 0.647. The normalized spacial score (nSPS) is 32.2. The van der Waals surface area contributed by atoms with Crippen LogP contribution in [-0.2, 0) is 16.0 Å². The van der Waals surface area contributed by atoms with Gasteiger partial charge in [0.05, 0.1) is 18.5 Å². The van der Waals surface area contributed by atoms with E-state index in [0.717, 1.165) is 38.6 Å². The van der Waals surface area contributed by atoms with Crippen LogP contribution in [0.5, 0.6) is 0 Å². The molecule has 1 aromatic heterocycles. The highest BCUT2D eigenvalue weighted by Gasteiger charge is 2.48. The largest absolute Gasteiger partial charge is 0.278 e. The first kappa shape index (κ1) is 14.4. The molecule has 2 aliphatic heterocycles. The van der Waals surface area contributed by atoms with Crippen LogP contribution < -0.4 is 0 Å². The molecule has 1 aliphatic carbocycles. The highest BCUT2D eigenvalue weighted by Crippen LogP contribution is 2.39. The van der Waals surface area contributed by atoms with Gasteiger partial charge < -0.3 is 0 Å². The Morgan fingerprint density at radius 3 is 2.55 bits per heavy atom. The van der Waals surface area contributed by atoms with Crippen molar-refractivity contribution in [1.82, 2.24) is 9.80 Å². The summed E-state index contributed by atoms with van der Waals surface area (Å²) >= 11 is 1.82. The summed E-state index contributed by atoms with van der Waals surface area (Å²) in [5.74, 6) is 0.104. The van der Waals surface area contributed by atoms with Crippen molar-refractivity contribution in [3.63, 3.8) is 0 Å². The Labute approximate surface area is 135 Å². The Bertz CT molecular complexity index is 588. The molecule has 5 heteroatoms. The topological polar surface area (TPSA) is 40.6 Å². The van der Waals surface area contributed by atoms with Crippen molar-refractivity contribution in [2.45, 2.75) is 45.1 Å². The molecule has 1 saturated carbocycles. The summed E-state index contributed by atoms with van der Waals surface area (Å²) in [6.45, 7) is 3.59. The summed E-state index contributed by atoms with van der Waals surface area (Å²) in [4.78, 5) is 30.5. The number of fused-ring (bicyclic) bond motifs is 2. The number of imide groups is 1. The van der Waals surface area contributed by atoms with Gasteiger partial charge in [-0.25, -0.2) is 0 Å². The van der Waals surface area contributed by atoms with Gasteiger partial charge in [0.25, 0.3) is 0 Å². The number of hydrogen-bond donors (Lipinski definition) is 0. The van der Waals surface area contributed by atoms with E-state index in [4.69, 9.17) is 0 Å². The number of carbonyl (C=O) groups is 2. The van der Waals surface area contributed by atoms with Crippen LogP contribution in [0.2, 0.25) is 0 Å². The smallest absolute Gasteiger partial charge is 0.234 e. The van der Waals surface area contributed by atoms with Crippen molar-refractivity contribution in [3.05, 3.63) is 21.9 Å². The molecule has 1 aromatic rings. The number of thiophene rings is 1. The van der Waals surface area contributed by atoms with E-state index in [2.05, 4.69) is 23.3 Å². The van der Waals surface area contributed by atoms with Crippen molar-refractivity contribution >= 4 is 23.2 Å². The molecule has 22 heavy (non-hydrogen) atoms. The SMILES string of the molecule is C[C@@H]1c2ccsc2CCN1CN1C(=O)[C@H]2CCCC[C@H]2C1=O. The van der Waals surface area contributed by atoms with E-state index in [1.807, 2.05) is 11.3 Å². The minimum absolute atomic E-state index is 0.0296. The first-order valence-corrected chi connectivity index (χ1v) is 9.20. The molecule has 118 valence electrons. The molecular weight excluding hydrogens is 296 g/mol. The highest BCUT2D eigenvalue weighted by molar-refractivity contribution is 7.10. The third-order valence-electron chi connectivity index (χ3n) is 5.66. The second-order valence-electron chi connectivity index (χ2n) is 6.78. The van der Waals surface area contributed by atoms with Crippen molar-refractivity contribution in [1.29, 1.82) is 0 Å². The maximum absolute atomic E-state index is 12.6. The zero-order valence-corrected chi connectivity index (χ0v) is 13.8. The molecule has 2 amide bonds. The highest BCUT2D eigenvalue weighted by atomic mass is 32.1. The molecular formula is C17H22N2O2S. The maximum Gasteiger partial charge on any atom is 0.234 e. The second kappa shape index (κ2) is 5.46. The third-order valence-corrected chi connectivity index (χ3v) is 6.66. The van der Waals surface area contributed by atoms with E-state index in [1.54, 1.807) is 4.90 Å². The van der Waals surface area contributed by atoms with Crippen LogP contribution >= 0.6 is 11.3 Å². The van der Waals surface area contributed by atoms with Gasteiger partial charge in [0.15, 0.2) is 0 Å². The Kier molecular flexibility index (Phi) is 3.57. The van der Waals surface area contributed by atoms with E-state index < -0.39 is 0 Å². The second-order valence-corrected chi connectivity index (χ2v) is 7.78. The predicted molar refractivity (Wildman–Crippen MR) is 85.3 cm³/mol. The molecule has 0 bridgehead atoms. The van der Waals surface area contributed by atoms with Crippen LogP contribution in [0.15, 0.2) is 11.4 Å². The van der Waals surface area contributed by atoms with Gasteiger partial charge in [0.2, 0.25) is 11.8 Å².